The van der Waals surface area contributed by atoms with Crippen molar-refractivity contribution < 1.29 is 29.0 Å². The standard InChI is InChI=1S/C20H15N3O6/c24-18(25)13-8-12(9-14(10-13)19(26)27)17-7-6-16(29-17)11-21-23-20(28)22-15-4-2-1-3-5-15/h1-11H,(H,24,25)(H,26,27)(H2,22,23,28)/b21-11-. The summed E-state index contributed by atoms with van der Waals surface area (Å²) in [7, 11) is 0. The van der Waals surface area contributed by atoms with Crippen LogP contribution in [0.25, 0.3) is 11.3 Å². The van der Waals surface area contributed by atoms with Gasteiger partial charge in [-0.3, -0.25) is 0 Å². The van der Waals surface area contributed by atoms with Gasteiger partial charge in [0.25, 0.3) is 0 Å². The van der Waals surface area contributed by atoms with E-state index in [1.165, 1.54) is 24.4 Å². The normalized spacial score (nSPS) is 10.6. The highest BCUT2D eigenvalue weighted by Crippen LogP contribution is 2.24. The molecule has 146 valence electrons. The number of hydrogen-bond acceptors (Lipinski definition) is 5. The number of nitrogens with zero attached hydrogens (tertiary/aromatic N) is 1. The Morgan fingerprint density at radius 3 is 2.17 bits per heavy atom. The number of carbonyl (C=O) groups is 3. The van der Waals surface area contributed by atoms with Crippen molar-refractivity contribution in [2.45, 2.75) is 0 Å². The summed E-state index contributed by atoms with van der Waals surface area (Å²) in [6, 6.07) is 15.0. The molecule has 0 radical (unpaired) electrons. The minimum atomic E-state index is -1.25. The Balaban J connectivity index is 1.70. The molecule has 0 bridgehead atoms. The van der Waals surface area contributed by atoms with Gasteiger partial charge in [-0.05, 0) is 42.5 Å². The van der Waals surface area contributed by atoms with Gasteiger partial charge >= 0.3 is 18.0 Å². The van der Waals surface area contributed by atoms with Crippen molar-refractivity contribution in [2.24, 2.45) is 5.10 Å². The van der Waals surface area contributed by atoms with Gasteiger partial charge in [0.15, 0.2) is 0 Å². The molecule has 0 atom stereocenters. The fourth-order valence-corrected chi connectivity index (χ4v) is 2.43. The van der Waals surface area contributed by atoms with Gasteiger partial charge < -0.3 is 19.9 Å². The van der Waals surface area contributed by atoms with Gasteiger partial charge in [-0.15, -0.1) is 0 Å². The van der Waals surface area contributed by atoms with E-state index in [0.29, 0.717) is 5.69 Å². The van der Waals surface area contributed by atoms with Gasteiger partial charge in [0.05, 0.1) is 17.3 Å². The molecule has 2 aromatic carbocycles. The summed E-state index contributed by atoms with van der Waals surface area (Å²) in [6.07, 6.45) is 1.26. The second-order valence-corrected chi connectivity index (χ2v) is 5.80. The van der Waals surface area contributed by atoms with Crippen LogP contribution >= 0.6 is 0 Å². The Kier molecular flexibility index (Phi) is 5.69. The second kappa shape index (κ2) is 8.53. The molecule has 9 heteroatoms. The molecule has 4 N–H and O–H groups in total. The highest BCUT2D eigenvalue weighted by atomic mass is 16.4. The van der Waals surface area contributed by atoms with Crippen LogP contribution in [0.4, 0.5) is 10.5 Å². The van der Waals surface area contributed by atoms with Crippen LogP contribution in [-0.4, -0.2) is 34.4 Å². The lowest BCUT2D eigenvalue weighted by atomic mass is 10.0. The molecule has 3 rings (SSSR count). The third-order valence-electron chi connectivity index (χ3n) is 3.73. The Bertz CT molecular complexity index is 1060. The van der Waals surface area contributed by atoms with E-state index < -0.39 is 18.0 Å². The Morgan fingerprint density at radius 1 is 0.897 bits per heavy atom. The van der Waals surface area contributed by atoms with E-state index in [0.717, 1.165) is 6.07 Å². The predicted octanol–water partition coefficient (Wildman–Crippen LogP) is 3.50. The zero-order chi connectivity index (χ0) is 20.8. The zero-order valence-electron chi connectivity index (χ0n) is 14.8. The van der Waals surface area contributed by atoms with Crippen LogP contribution in [0.3, 0.4) is 0 Å². The molecule has 2 amide bonds. The number of rotatable bonds is 6. The summed E-state index contributed by atoms with van der Waals surface area (Å²) in [6.45, 7) is 0. The molecule has 0 fully saturated rings. The Morgan fingerprint density at radius 2 is 1.55 bits per heavy atom. The van der Waals surface area contributed by atoms with Gasteiger partial charge in [0.1, 0.15) is 11.5 Å². The average molecular weight is 393 g/mol. The van der Waals surface area contributed by atoms with E-state index in [9.17, 15) is 14.4 Å². The second-order valence-electron chi connectivity index (χ2n) is 5.80. The molecular weight excluding hydrogens is 378 g/mol. The van der Waals surface area contributed by atoms with Crippen LogP contribution in [0.2, 0.25) is 0 Å². The minimum absolute atomic E-state index is 0.175. The molecule has 0 aliphatic heterocycles. The fraction of sp³-hybridized carbons (Fsp3) is 0. The first-order valence-corrected chi connectivity index (χ1v) is 8.29. The summed E-state index contributed by atoms with van der Waals surface area (Å²) >= 11 is 0. The maximum Gasteiger partial charge on any atom is 0.339 e. The summed E-state index contributed by atoms with van der Waals surface area (Å²) in [5.74, 6) is -1.98. The predicted molar refractivity (Wildman–Crippen MR) is 104 cm³/mol. The van der Waals surface area contributed by atoms with Gasteiger partial charge in [-0.2, -0.15) is 5.10 Å². The number of nitrogens with one attached hydrogen (secondary N) is 2. The molecule has 0 saturated heterocycles. The highest BCUT2D eigenvalue weighted by Gasteiger charge is 2.14. The average Bonchev–Trinajstić information content (AvgIpc) is 3.17. The maximum atomic E-state index is 11.8. The van der Waals surface area contributed by atoms with Gasteiger partial charge in [-0.1, -0.05) is 18.2 Å². The Labute approximate surface area is 164 Å². The van der Waals surface area contributed by atoms with E-state index in [4.69, 9.17) is 14.6 Å². The van der Waals surface area contributed by atoms with Gasteiger partial charge in [0.2, 0.25) is 0 Å². The zero-order valence-corrected chi connectivity index (χ0v) is 14.8. The van der Waals surface area contributed by atoms with Gasteiger partial charge in [0, 0.05) is 11.3 Å². The van der Waals surface area contributed by atoms with E-state index in [1.807, 2.05) is 6.07 Å². The molecule has 0 spiro atoms. The number of urea groups is 1. The number of anilines is 1. The number of benzene rings is 2. The lowest BCUT2D eigenvalue weighted by molar-refractivity contribution is 0.0696. The molecule has 0 unspecified atom stereocenters. The molecule has 9 nitrogen and oxygen atoms in total. The van der Waals surface area contributed by atoms with Crippen molar-refractivity contribution in [1.82, 2.24) is 5.43 Å². The van der Waals surface area contributed by atoms with E-state index in [1.54, 1.807) is 30.3 Å². The number of carboxylic acids is 2. The van der Waals surface area contributed by atoms with Crippen molar-refractivity contribution in [3.8, 4) is 11.3 Å². The molecule has 0 aliphatic rings. The number of hydrogen-bond donors (Lipinski definition) is 4. The monoisotopic (exact) mass is 393 g/mol. The number of aromatic carboxylic acids is 2. The largest absolute Gasteiger partial charge is 0.478 e. The molecule has 0 aliphatic carbocycles. The molecule has 1 aromatic heterocycles. The Hall–Kier alpha value is -4.40. The van der Waals surface area contributed by atoms with Crippen molar-refractivity contribution >= 4 is 29.9 Å². The van der Waals surface area contributed by atoms with Crippen molar-refractivity contribution in [2.75, 3.05) is 5.32 Å². The van der Waals surface area contributed by atoms with E-state index >= 15 is 0 Å². The number of carbonyl (C=O) groups excluding carboxylic acids is 1. The molecule has 0 saturated carbocycles. The summed E-state index contributed by atoms with van der Waals surface area (Å²) in [5, 5.41) is 24.7. The van der Waals surface area contributed by atoms with Gasteiger partial charge in [-0.25, -0.2) is 19.8 Å². The molecule has 29 heavy (non-hydrogen) atoms. The maximum absolute atomic E-state index is 11.8. The lowest BCUT2D eigenvalue weighted by Gasteiger charge is -2.03. The van der Waals surface area contributed by atoms with Crippen molar-refractivity contribution in [3.05, 3.63) is 77.6 Å². The lowest BCUT2D eigenvalue weighted by Crippen LogP contribution is -2.24. The van der Waals surface area contributed by atoms with Crippen LogP contribution in [0.15, 0.2) is 70.2 Å². The third kappa shape index (κ3) is 5.07. The first kappa shape index (κ1) is 19.4. The van der Waals surface area contributed by atoms with Crippen LogP contribution < -0.4 is 10.7 Å². The topological polar surface area (TPSA) is 141 Å². The van der Waals surface area contributed by atoms with Crippen LogP contribution in [0.1, 0.15) is 26.5 Å². The quantitative estimate of drug-likeness (QED) is 0.373. The number of hydrazone groups is 1. The first-order valence-electron chi connectivity index (χ1n) is 8.29. The SMILES string of the molecule is O=C(N/N=C\c1ccc(-c2cc(C(=O)O)cc(C(=O)O)c2)o1)Nc1ccccc1. The number of carboxylic acid groups (broad SMARTS) is 2. The fourth-order valence-electron chi connectivity index (χ4n) is 2.43. The molecular formula is C20H15N3O6. The number of amides is 2. The number of furan rings is 1. The third-order valence-corrected chi connectivity index (χ3v) is 3.73. The smallest absolute Gasteiger partial charge is 0.339 e. The van der Waals surface area contributed by atoms with Crippen LogP contribution in [-0.2, 0) is 0 Å². The van der Waals surface area contributed by atoms with E-state index in [2.05, 4.69) is 15.8 Å². The highest BCUT2D eigenvalue weighted by molar-refractivity contribution is 5.96. The van der Waals surface area contributed by atoms with Crippen molar-refractivity contribution in [1.29, 1.82) is 0 Å². The summed E-state index contributed by atoms with van der Waals surface area (Å²) in [4.78, 5) is 34.2. The summed E-state index contributed by atoms with van der Waals surface area (Å²) < 4.78 is 5.53. The first-order chi connectivity index (χ1) is 13.9. The molecule has 3 aromatic rings. The molecule has 1 heterocycles. The number of para-hydroxylation sites is 1. The van der Waals surface area contributed by atoms with Crippen LogP contribution in [0.5, 0.6) is 0 Å². The summed E-state index contributed by atoms with van der Waals surface area (Å²) in [5.41, 5.74) is 2.82. The minimum Gasteiger partial charge on any atom is -0.478 e. The van der Waals surface area contributed by atoms with E-state index in [-0.39, 0.29) is 28.2 Å². The van der Waals surface area contributed by atoms with Crippen LogP contribution in [0, 0.1) is 0 Å². The van der Waals surface area contributed by atoms with Crippen molar-refractivity contribution in [3.63, 3.8) is 0 Å².